The Hall–Kier alpha value is -9.29. The Morgan fingerprint density at radius 2 is 1.09 bits per heavy atom. The van der Waals surface area contributed by atoms with Gasteiger partial charge in [-0.05, 0) is 83.1 Å². The van der Waals surface area contributed by atoms with E-state index in [1.165, 1.54) is 23.4 Å². The standard InChI is InChI=1S/C12H15N3O2.C10H10N2O3.C10H11NO2.C6H10N6O.C5H7N3O2.CH4/c1-3-13-9(2)11(15-17)12(16)14-10-7-5-4-6-8-10;1-7(13)9(12-15)10(14)11-8-5-3-2-4-6-8;1-8(12)7-10(13)11-9-5-3-2-4-6-9;1-3-4(11-12(2)10-3)5(13)9-6(7)8;1-3-4(5(9)10)7-8(2)6-3;/h4-8,17H,3H2,1-2H3,(H,14,16);2-6,13H,1H3,(H,11,14);2-6H,7H2,1H3,(H,11,13);1-2H3,(H4,7,8,9,13);1-2H3,(H,9,10);1H4/b13-9?,15-11-;;;;;. The van der Waals surface area contributed by atoms with E-state index in [9.17, 15) is 33.7 Å². The van der Waals surface area contributed by atoms with Crippen LogP contribution in [0, 0.1) is 18.8 Å². The molecule has 0 aliphatic rings. The Morgan fingerprint density at radius 3 is 1.41 bits per heavy atom. The number of ketones is 1. The fraction of sp³-hybridized carbons (Fsp3) is 0.250. The lowest BCUT2D eigenvalue weighted by Gasteiger charge is -2.05. The molecule has 2 heterocycles. The second-order valence-corrected chi connectivity index (χ2v) is 13.4. The molecule has 3 aromatic carbocycles. The van der Waals surface area contributed by atoms with Crippen LogP contribution in [0.1, 0.15) is 73.9 Å². The molecule has 0 fully saturated rings. The molecule has 0 aliphatic carbocycles. The minimum atomic E-state index is -1.04. The number of benzene rings is 3. The van der Waals surface area contributed by atoms with Crippen LogP contribution in [-0.4, -0.2) is 105 Å². The van der Waals surface area contributed by atoms with Crippen LogP contribution in [-0.2, 0) is 33.3 Å². The first kappa shape index (κ1) is 59.7. The number of aliphatic hydroxyl groups is 1. The number of rotatable bonds is 12. The SMILES string of the molecule is C.CC(=O)CC(=O)Nc1ccccc1.CC(O)=C(N=O)C(=O)Nc1ccccc1.CCN=C(C)/C(=N/O)C(=O)Nc1ccccc1.Cc1nn(C)nc1C(=O)N=C(N)N.Cc1nn(C)nc1C(=O)O. The van der Waals surface area contributed by atoms with E-state index in [1.54, 1.807) is 102 Å². The molecule has 69 heavy (non-hydrogen) atoms. The molecule has 368 valence electrons. The maximum absolute atomic E-state index is 11.8. The van der Waals surface area contributed by atoms with Crippen molar-refractivity contribution in [3.8, 4) is 0 Å². The number of hydrogen-bond donors (Lipinski definition) is 8. The summed E-state index contributed by atoms with van der Waals surface area (Å²) in [5, 5.41) is 54.4. The van der Waals surface area contributed by atoms with E-state index >= 15 is 0 Å². The van der Waals surface area contributed by atoms with E-state index in [1.807, 2.05) is 31.2 Å². The summed E-state index contributed by atoms with van der Waals surface area (Å²) in [6.07, 6.45) is -0.0606. The molecule has 10 N–H and O–H groups in total. The number of aliphatic imine (C=N–C) groups is 2. The Kier molecular flexibility index (Phi) is 27.3. The highest BCUT2D eigenvalue weighted by Gasteiger charge is 2.17. The number of carbonyl (C=O) groups excluding carboxylic acids is 5. The molecule has 5 aromatic rings. The number of nitroso groups, excluding NO2 is 1. The summed E-state index contributed by atoms with van der Waals surface area (Å²) in [5.41, 5.74) is 12.9. The van der Waals surface area contributed by atoms with E-state index < -0.39 is 35.1 Å². The van der Waals surface area contributed by atoms with Crippen LogP contribution < -0.4 is 27.4 Å². The molecule has 25 nitrogen and oxygen atoms in total. The number of carboxylic acid groups (broad SMARTS) is 1. The van der Waals surface area contributed by atoms with Crippen molar-refractivity contribution in [1.29, 1.82) is 0 Å². The first-order valence-electron chi connectivity index (χ1n) is 19.8. The molecule has 0 aliphatic heterocycles. The van der Waals surface area contributed by atoms with Gasteiger partial charge in [0.2, 0.25) is 11.6 Å². The summed E-state index contributed by atoms with van der Waals surface area (Å²) in [6.45, 7) is 9.88. The van der Waals surface area contributed by atoms with Gasteiger partial charge in [0.05, 0.1) is 23.5 Å². The van der Waals surface area contributed by atoms with Crippen molar-refractivity contribution in [2.45, 2.75) is 55.4 Å². The normalized spacial score (nSPS) is 10.6. The van der Waals surface area contributed by atoms with Crippen molar-refractivity contribution in [2.75, 3.05) is 22.5 Å². The molecule has 0 saturated heterocycles. The molecule has 0 unspecified atom stereocenters. The predicted molar refractivity (Wildman–Crippen MR) is 260 cm³/mol. The van der Waals surface area contributed by atoms with Gasteiger partial charge in [-0.15, -0.1) is 15.1 Å². The number of aromatic nitrogens is 6. The number of amides is 4. The number of nitrogens with zero attached hydrogens (tertiary/aromatic N) is 10. The van der Waals surface area contributed by atoms with Crippen LogP contribution in [0.3, 0.4) is 0 Å². The molecule has 5 rings (SSSR count). The zero-order chi connectivity index (χ0) is 51.3. The fourth-order valence-electron chi connectivity index (χ4n) is 4.82. The number of Topliss-reactive ketones (excluding diaryl/α,β-unsaturated/α-hetero) is 1. The summed E-state index contributed by atoms with van der Waals surface area (Å²) < 4.78 is 0. The van der Waals surface area contributed by atoms with E-state index in [0.717, 1.165) is 0 Å². The Morgan fingerprint density at radius 1 is 0.667 bits per heavy atom. The fourth-order valence-corrected chi connectivity index (χ4v) is 4.82. The van der Waals surface area contributed by atoms with Gasteiger partial charge in [-0.2, -0.15) is 24.8 Å². The molecular weight excluding hydrogens is 899 g/mol. The third-order valence-corrected chi connectivity index (χ3v) is 7.63. The number of guanidine groups is 1. The first-order chi connectivity index (χ1) is 32.1. The van der Waals surface area contributed by atoms with E-state index in [2.05, 4.69) is 56.7 Å². The third kappa shape index (κ3) is 23.5. The maximum Gasteiger partial charge on any atom is 0.358 e. The highest BCUT2D eigenvalue weighted by atomic mass is 16.4. The van der Waals surface area contributed by atoms with Crippen molar-refractivity contribution < 1.29 is 44.2 Å². The minimum absolute atomic E-state index is 0. The Labute approximate surface area is 397 Å². The number of nitrogens with two attached hydrogens (primary N) is 2. The predicted octanol–water partition coefficient (Wildman–Crippen LogP) is 4.72. The number of oxime groups is 1. The second kappa shape index (κ2) is 31.6. The van der Waals surface area contributed by atoms with Gasteiger partial charge >= 0.3 is 11.9 Å². The molecule has 0 spiro atoms. The highest BCUT2D eigenvalue weighted by molar-refractivity contribution is 6.68. The summed E-state index contributed by atoms with van der Waals surface area (Å²) in [6, 6.07) is 26.6. The molecular formula is C44H57N15O10. The molecule has 0 bridgehead atoms. The van der Waals surface area contributed by atoms with E-state index in [4.69, 9.17) is 26.9 Å². The van der Waals surface area contributed by atoms with Crippen LogP contribution in [0.2, 0.25) is 0 Å². The van der Waals surface area contributed by atoms with Gasteiger partial charge in [-0.25, -0.2) is 4.79 Å². The second-order valence-electron chi connectivity index (χ2n) is 13.4. The first-order valence-corrected chi connectivity index (χ1v) is 19.8. The maximum atomic E-state index is 11.8. The van der Waals surface area contributed by atoms with Gasteiger partial charge in [-0.1, -0.05) is 67.2 Å². The van der Waals surface area contributed by atoms with Crippen LogP contribution in [0.15, 0.2) is 123 Å². The lowest BCUT2D eigenvalue weighted by Crippen LogP contribution is -2.28. The lowest BCUT2D eigenvalue weighted by molar-refractivity contribution is -0.124. The molecule has 4 amide bonds. The smallest absolute Gasteiger partial charge is 0.358 e. The summed E-state index contributed by atoms with van der Waals surface area (Å²) in [7, 11) is 3.19. The number of anilines is 3. The molecule has 25 heteroatoms. The van der Waals surface area contributed by atoms with Crippen molar-refractivity contribution in [2.24, 2.45) is 45.9 Å². The number of aliphatic hydroxyl groups excluding tert-OH is 1. The van der Waals surface area contributed by atoms with Gasteiger partial charge in [0, 0.05) is 37.7 Å². The Bertz CT molecular complexity index is 2600. The summed E-state index contributed by atoms with van der Waals surface area (Å²) >= 11 is 0. The minimum Gasteiger partial charge on any atom is -0.510 e. The summed E-state index contributed by atoms with van der Waals surface area (Å²) in [4.78, 5) is 86.5. The Balaban J connectivity index is 0.000000842. The van der Waals surface area contributed by atoms with Gasteiger partial charge in [0.1, 0.15) is 11.5 Å². The monoisotopic (exact) mass is 955 g/mol. The topological polar surface area (TPSA) is 379 Å². The molecule has 0 atom stereocenters. The van der Waals surface area contributed by atoms with Crippen LogP contribution in [0.25, 0.3) is 0 Å². The average Bonchev–Trinajstić information content (AvgIpc) is 3.80. The number of nitrogens with one attached hydrogen (secondary N) is 3. The zero-order valence-corrected chi connectivity index (χ0v) is 38.4. The number of hydrogen-bond acceptors (Lipinski definition) is 16. The zero-order valence-electron chi connectivity index (χ0n) is 38.4. The molecule has 0 saturated carbocycles. The van der Waals surface area contributed by atoms with Gasteiger partial charge < -0.3 is 42.8 Å². The lowest BCUT2D eigenvalue weighted by atomic mass is 10.2. The number of para-hydroxylation sites is 3. The number of aryl methyl sites for hydroxylation is 4. The number of carboxylic acids is 1. The van der Waals surface area contributed by atoms with Crippen molar-refractivity contribution >= 4 is 69.8 Å². The third-order valence-electron chi connectivity index (χ3n) is 7.63. The van der Waals surface area contributed by atoms with E-state index in [-0.39, 0.29) is 48.6 Å². The van der Waals surface area contributed by atoms with Crippen LogP contribution >= 0.6 is 0 Å². The molecule has 0 radical (unpaired) electrons. The quantitative estimate of drug-likeness (QED) is 0.0123. The van der Waals surface area contributed by atoms with Gasteiger partial charge in [-0.3, -0.25) is 29.0 Å². The molecule has 2 aromatic heterocycles. The number of aromatic carboxylic acids is 1. The van der Waals surface area contributed by atoms with Crippen LogP contribution in [0.4, 0.5) is 17.1 Å². The van der Waals surface area contributed by atoms with Crippen molar-refractivity contribution in [1.82, 2.24) is 30.0 Å². The van der Waals surface area contributed by atoms with E-state index in [0.29, 0.717) is 40.7 Å². The van der Waals surface area contributed by atoms with Gasteiger partial charge in [0.15, 0.2) is 23.1 Å². The highest BCUT2D eigenvalue weighted by Crippen LogP contribution is 2.10. The number of allylic oxidation sites excluding steroid dienone is 1. The van der Waals surface area contributed by atoms with Gasteiger partial charge in [0.25, 0.3) is 11.8 Å². The summed E-state index contributed by atoms with van der Waals surface area (Å²) in [5.74, 6) is -3.90. The van der Waals surface area contributed by atoms with Crippen molar-refractivity contribution in [3.05, 3.63) is 130 Å². The number of carbonyl (C=O) groups is 6. The van der Waals surface area contributed by atoms with Crippen LogP contribution in [0.5, 0.6) is 0 Å². The average molecular weight is 956 g/mol. The van der Waals surface area contributed by atoms with Crippen molar-refractivity contribution in [3.63, 3.8) is 0 Å². The largest absolute Gasteiger partial charge is 0.510 e.